The van der Waals surface area contributed by atoms with Crippen LogP contribution < -0.4 is 5.32 Å². The second-order valence-electron chi connectivity index (χ2n) is 5.13. The third-order valence-corrected chi connectivity index (χ3v) is 5.03. The molecule has 0 spiro atoms. The second-order valence-corrected chi connectivity index (χ2v) is 8.08. The van der Waals surface area contributed by atoms with Gasteiger partial charge in [-0.1, -0.05) is 6.08 Å². The molecule has 0 aromatic rings. The number of nitrogens with one attached hydrogen (secondary N) is 1. The summed E-state index contributed by atoms with van der Waals surface area (Å²) in [4.78, 5) is 7.14. The van der Waals surface area contributed by atoms with Gasteiger partial charge in [-0.3, -0.25) is 4.99 Å². The van der Waals surface area contributed by atoms with E-state index in [0.717, 1.165) is 43.6 Å². The number of halogens is 1. The van der Waals surface area contributed by atoms with Crippen molar-refractivity contribution in [3.63, 3.8) is 0 Å². The van der Waals surface area contributed by atoms with E-state index in [4.69, 9.17) is 4.99 Å². The Kier molecular flexibility index (Phi) is 11.3. The Morgan fingerprint density at radius 2 is 2.30 bits per heavy atom. The molecule has 0 radical (unpaired) electrons. The smallest absolute Gasteiger partial charge is 0.194 e. The van der Waals surface area contributed by atoms with Gasteiger partial charge >= 0.3 is 0 Å². The summed E-state index contributed by atoms with van der Waals surface area (Å²) in [7, 11) is 0. The van der Waals surface area contributed by atoms with Crippen LogP contribution >= 0.6 is 47.5 Å². The first-order valence-electron chi connectivity index (χ1n) is 6.95. The zero-order valence-electron chi connectivity index (χ0n) is 12.9. The van der Waals surface area contributed by atoms with Gasteiger partial charge in [0.25, 0.3) is 0 Å². The highest BCUT2D eigenvalue weighted by atomic mass is 127. The van der Waals surface area contributed by atoms with Gasteiger partial charge in [-0.2, -0.15) is 23.5 Å². The lowest BCUT2D eigenvalue weighted by molar-refractivity contribution is 0.376. The van der Waals surface area contributed by atoms with E-state index in [9.17, 15) is 0 Å². The molecule has 1 fully saturated rings. The average Bonchev–Trinajstić information content (AvgIpc) is 2.36. The molecule has 3 nitrogen and oxygen atoms in total. The van der Waals surface area contributed by atoms with Gasteiger partial charge in [0, 0.05) is 41.6 Å². The summed E-state index contributed by atoms with van der Waals surface area (Å²) < 4.78 is 0.325. The molecule has 0 aliphatic carbocycles. The minimum Gasteiger partial charge on any atom is -0.357 e. The minimum atomic E-state index is 0. The number of rotatable bonds is 6. The summed E-state index contributed by atoms with van der Waals surface area (Å²) in [6.07, 6.45) is 1.95. The molecule has 20 heavy (non-hydrogen) atoms. The highest BCUT2D eigenvalue weighted by molar-refractivity contribution is 14.0. The molecule has 1 heterocycles. The Hall–Kier alpha value is 0.440. The summed E-state index contributed by atoms with van der Waals surface area (Å²) in [6, 6.07) is 0. The second kappa shape index (κ2) is 11.1. The van der Waals surface area contributed by atoms with Crippen LogP contribution in [-0.4, -0.2) is 59.0 Å². The van der Waals surface area contributed by atoms with Gasteiger partial charge in [0.2, 0.25) is 0 Å². The van der Waals surface area contributed by atoms with Gasteiger partial charge in [0.1, 0.15) is 0 Å². The fourth-order valence-corrected chi connectivity index (χ4v) is 3.67. The number of hydrogen-bond acceptors (Lipinski definition) is 3. The molecule has 0 amide bonds. The normalized spacial score (nSPS) is 18.4. The Morgan fingerprint density at radius 3 is 2.90 bits per heavy atom. The first-order valence-corrected chi connectivity index (χ1v) is 9.09. The lowest BCUT2D eigenvalue weighted by Gasteiger charge is -2.39. The SMILES string of the molecule is C=CCSCCN=C(NCC)N1CCSC(C)(C)C1.I. The molecule has 1 N–H and O–H groups in total. The fraction of sp³-hybridized carbons (Fsp3) is 0.786. The van der Waals surface area contributed by atoms with Crippen molar-refractivity contribution in [2.45, 2.75) is 25.5 Å². The van der Waals surface area contributed by atoms with E-state index in [-0.39, 0.29) is 24.0 Å². The maximum Gasteiger partial charge on any atom is 0.194 e. The Morgan fingerprint density at radius 1 is 1.55 bits per heavy atom. The molecular formula is C14H28IN3S2. The maximum absolute atomic E-state index is 4.74. The number of nitrogens with zero attached hydrogens (tertiary/aromatic N) is 2. The van der Waals surface area contributed by atoms with Crippen molar-refractivity contribution in [1.29, 1.82) is 0 Å². The van der Waals surface area contributed by atoms with Gasteiger partial charge in [-0.15, -0.1) is 30.6 Å². The molecule has 0 aromatic heterocycles. The van der Waals surface area contributed by atoms with Gasteiger partial charge in [0.15, 0.2) is 5.96 Å². The zero-order valence-corrected chi connectivity index (χ0v) is 16.8. The quantitative estimate of drug-likeness (QED) is 0.231. The first-order chi connectivity index (χ1) is 9.09. The van der Waals surface area contributed by atoms with Gasteiger partial charge in [-0.05, 0) is 20.8 Å². The van der Waals surface area contributed by atoms with Crippen LogP contribution in [0.4, 0.5) is 0 Å². The molecule has 0 saturated carbocycles. The molecule has 1 aliphatic rings. The van der Waals surface area contributed by atoms with E-state index in [0.29, 0.717) is 4.75 Å². The molecule has 0 bridgehead atoms. The molecule has 1 saturated heterocycles. The van der Waals surface area contributed by atoms with Crippen molar-refractivity contribution >= 4 is 53.5 Å². The number of hydrogen-bond donors (Lipinski definition) is 1. The average molecular weight is 429 g/mol. The van der Waals surface area contributed by atoms with E-state index >= 15 is 0 Å². The third kappa shape index (κ3) is 8.02. The fourth-order valence-electron chi connectivity index (χ4n) is 2.01. The van der Waals surface area contributed by atoms with Crippen LogP contribution in [-0.2, 0) is 0 Å². The molecule has 0 unspecified atom stereocenters. The molecule has 118 valence electrons. The van der Waals surface area contributed by atoms with Crippen LogP contribution in [0, 0.1) is 0 Å². The van der Waals surface area contributed by atoms with Crippen molar-refractivity contribution in [3.05, 3.63) is 12.7 Å². The monoisotopic (exact) mass is 429 g/mol. The van der Waals surface area contributed by atoms with Crippen LogP contribution in [0.15, 0.2) is 17.6 Å². The van der Waals surface area contributed by atoms with Crippen LogP contribution in [0.1, 0.15) is 20.8 Å². The predicted molar refractivity (Wildman–Crippen MR) is 107 cm³/mol. The van der Waals surface area contributed by atoms with Crippen LogP contribution in [0.3, 0.4) is 0 Å². The molecule has 1 rings (SSSR count). The standard InChI is InChI=1S/C14H27N3S2.HI/c1-5-9-18-10-7-16-13(15-6-2)17-8-11-19-14(3,4)12-17;/h5H,1,6-12H2,2-4H3,(H,15,16);1H. The molecule has 6 heteroatoms. The van der Waals surface area contributed by atoms with Crippen molar-refractivity contribution in [2.75, 3.05) is 43.4 Å². The summed E-state index contributed by atoms with van der Waals surface area (Å²) in [5, 5.41) is 3.42. The van der Waals surface area contributed by atoms with Crippen molar-refractivity contribution in [2.24, 2.45) is 4.99 Å². The highest BCUT2D eigenvalue weighted by Crippen LogP contribution is 2.29. The predicted octanol–water partition coefficient (Wildman–Crippen LogP) is 3.32. The van der Waals surface area contributed by atoms with Crippen LogP contribution in [0.2, 0.25) is 0 Å². The summed E-state index contributed by atoms with van der Waals surface area (Å²) in [5.74, 6) is 4.34. The molecule has 0 aromatic carbocycles. The van der Waals surface area contributed by atoms with E-state index in [1.54, 1.807) is 0 Å². The zero-order chi connectivity index (χ0) is 14.1. The van der Waals surface area contributed by atoms with Gasteiger partial charge < -0.3 is 10.2 Å². The Balaban J connectivity index is 0.00000361. The number of thioether (sulfide) groups is 2. The van der Waals surface area contributed by atoms with Gasteiger partial charge in [0.05, 0.1) is 6.54 Å². The third-order valence-electron chi connectivity index (χ3n) is 2.79. The van der Waals surface area contributed by atoms with E-state index < -0.39 is 0 Å². The molecular weight excluding hydrogens is 401 g/mol. The van der Waals surface area contributed by atoms with E-state index in [1.165, 1.54) is 5.75 Å². The summed E-state index contributed by atoms with van der Waals surface area (Å²) in [6.45, 7) is 14.5. The molecule has 0 atom stereocenters. The number of guanidine groups is 1. The van der Waals surface area contributed by atoms with Crippen LogP contribution in [0.5, 0.6) is 0 Å². The van der Waals surface area contributed by atoms with Crippen LogP contribution in [0.25, 0.3) is 0 Å². The van der Waals surface area contributed by atoms with Crippen molar-refractivity contribution in [3.8, 4) is 0 Å². The molecule has 1 aliphatic heterocycles. The first kappa shape index (κ1) is 20.4. The van der Waals surface area contributed by atoms with E-state index in [2.05, 4.69) is 49.3 Å². The largest absolute Gasteiger partial charge is 0.357 e. The van der Waals surface area contributed by atoms with E-state index in [1.807, 2.05) is 17.8 Å². The number of aliphatic imine (C=N–C) groups is 1. The lowest BCUT2D eigenvalue weighted by atomic mass is 10.2. The lowest BCUT2D eigenvalue weighted by Crippen LogP contribution is -2.51. The van der Waals surface area contributed by atoms with Gasteiger partial charge in [-0.25, -0.2) is 0 Å². The highest BCUT2D eigenvalue weighted by Gasteiger charge is 2.28. The Bertz CT molecular complexity index is 309. The minimum absolute atomic E-state index is 0. The van der Waals surface area contributed by atoms with Crippen molar-refractivity contribution < 1.29 is 0 Å². The summed E-state index contributed by atoms with van der Waals surface area (Å²) >= 11 is 3.94. The maximum atomic E-state index is 4.74. The topological polar surface area (TPSA) is 27.6 Å². The van der Waals surface area contributed by atoms with Crippen molar-refractivity contribution in [1.82, 2.24) is 10.2 Å². The summed E-state index contributed by atoms with van der Waals surface area (Å²) in [5.41, 5.74) is 0. The Labute approximate surface area is 149 Å².